The van der Waals surface area contributed by atoms with Crippen molar-refractivity contribution in [1.29, 1.82) is 0 Å². The van der Waals surface area contributed by atoms with Crippen LogP contribution < -0.4 is 5.73 Å². The Labute approximate surface area is 107 Å². The molecule has 1 heterocycles. The summed E-state index contributed by atoms with van der Waals surface area (Å²) >= 11 is 7.63. The molecule has 2 atom stereocenters. The van der Waals surface area contributed by atoms with Crippen LogP contribution in [0.4, 0.5) is 0 Å². The Morgan fingerprint density at radius 3 is 3.00 bits per heavy atom. The molecule has 1 aliphatic rings. The van der Waals surface area contributed by atoms with E-state index in [2.05, 4.69) is 13.0 Å². The van der Waals surface area contributed by atoms with Gasteiger partial charge in [0.05, 0.1) is 4.34 Å². The summed E-state index contributed by atoms with van der Waals surface area (Å²) < 4.78 is 0.876. The van der Waals surface area contributed by atoms with E-state index in [4.69, 9.17) is 17.3 Å². The predicted octanol–water partition coefficient (Wildman–Crippen LogP) is 4.24. The fourth-order valence-electron chi connectivity index (χ4n) is 2.82. The lowest BCUT2D eigenvalue weighted by Crippen LogP contribution is -2.46. The Morgan fingerprint density at radius 1 is 1.56 bits per heavy atom. The Morgan fingerprint density at radius 2 is 2.38 bits per heavy atom. The van der Waals surface area contributed by atoms with E-state index in [0.717, 1.165) is 16.7 Å². The highest BCUT2D eigenvalue weighted by Crippen LogP contribution is 2.36. The molecule has 1 aromatic rings. The van der Waals surface area contributed by atoms with Crippen LogP contribution in [0.5, 0.6) is 0 Å². The van der Waals surface area contributed by atoms with Gasteiger partial charge in [-0.1, -0.05) is 37.8 Å². The van der Waals surface area contributed by atoms with Crippen molar-refractivity contribution in [3.8, 4) is 0 Å². The molecule has 1 nitrogen and oxygen atoms in total. The van der Waals surface area contributed by atoms with E-state index in [1.165, 1.54) is 37.0 Å². The maximum Gasteiger partial charge on any atom is 0.0931 e. The fourth-order valence-corrected chi connectivity index (χ4v) is 4.07. The van der Waals surface area contributed by atoms with Crippen molar-refractivity contribution < 1.29 is 0 Å². The van der Waals surface area contributed by atoms with E-state index in [1.807, 2.05) is 6.07 Å². The van der Waals surface area contributed by atoms with E-state index in [-0.39, 0.29) is 5.54 Å². The molecule has 2 rings (SSSR count). The van der Waals surface area contributed by atoms with Crippen molar-refractivity contribution in [1.82, 2.24) is 0 Å². The van der Waals surface area contributed by atoms with Gasteiger partial charge in [0.15, 0.2) is 0 Å². The topological polar surface area (TPSA) is 26.0 Å². The molecule has 16 heavy (non-hydrogen) atoms. The lowest BCUT2D eigenvalue weighted by Gasteiger charge is -2.37. The van der Waals surface area contributed by atoms with Gasteiger partial charge in [-0.25, -0.2) is 0 Å². The summed E-state index contributed by atoms with van der Waals surface area (Å²) in [5.74, 6) is 0.828. The van der Waals surface area contributed by atoms with Crippen LogP contribution in [-0.2, 0) is 6.42 Å². The molecule has 90 valence electrons. The zero-order valence-electron chi connectivity index (χ0n) is 9.84. The van der Waals surface area contributed by atoms with Gasteiger partial charge in [0.25, 0.3) is 0 Å². The largest absolute Gasteiger partial charge is 0.325 e. The van der Waals surface area contributed by atoms with Gasteiger partial charge in [-0.15, -0.1) is 11.3 Å². The highest BCUT2D eigenvalue weighted by Gasteiger charge is 2.32. The number of hydrogen-bond acceptors (Lipinski definition) is 2. The molecule has 1 fully saturated rings. The highest BCUT2D eigenvalue weighted by molar-refractivity contribution is 7.16. The third-order valence-electron chi connectivity index (χ3n) is 3.71. The Kier molecular flexibility index (Phi) is 3.93. The fraction of sp³-hybridized carbons (Fsp3) is 0.692. The minimum Gasteiger partial charge on any atom is -0.325 e. The summed E-state index contributed by atoms with van der Waals surface area (Å²) in [6.45, 7) is 2.28. The second-order valence-corrected chi connectivity index (χ2v) is 6.92. The zero-order valence-corrected chi connectivity index (χ0v) is 11.4. The van der Waals surface area contributed by atoms with E-state index < -0.39 is 0 Å². The van der Waals surface area contributed by atoms with Crippen molar-refractivity contribution in [2.45, 2.75) is 51.0 Å². The van der Waals surface area contributed by atoms with Crippen LogP contribution in [0.25, 0.3) is 0 Å². The maximum absolute atomic E-state index is 6.53. The molecular weight excluding hydrogens is 238 g/mol. The molecule has 3 heteroatoms. The average Bonchev–Trinajstić information content (AvgIpc) is 2.63. The minimum absolute atomic E-state index is 0.0209. The van der Waals surface area contributed by atoms with Gasteiger partial charge < -0.3 is 5.73 Å². The van der Waals surface area contributed by atoms with Crippen LogP contribution in [0.2, 0.25) is 4.34 Å². The Hall–Kier alpha value is -0.0500. The third kappa shape index (κ3) is 2.99. The summed E-state index contributed by atoms with van der Waals surface area (Å²) in [6, 6.07) is 4.10. The van der Waals surface area contributed by atoms with Gasteiger partial charge in [0, 0.05) is 10.4 Å². The minimum atomic E-state index is 0.0209. The number of rotatable bonds is 3. The van der Waals surface area contributed by atoms with Crippen LogP contribution >= 0.6 is 22.9 Å². The first-order valence-electron chi connectivity index (χ1n) is 6.14. The number of thiophene rings is 1. The lowest BCUT2D eigenvalue weighted by atomic mass is 9.73. The van der Waals surface area contributed by atoms with E-state index in [0.29, 0.717) is 0 Å². The van der Waals surface area contributed by atoms with Crippen molar-refractivity contribution in [3.05, 3.63) is 21.3 Å². The van der Waals surface area contributed by atoms with Gasteiger partial charge in [0.2, 0.25) is 0 Å². The Bertz CT molecular complexity index is 349. The molecular formula is C13H20ClNS. The van der Waals surface area contributed by atoms with Gasteiger partial charge in [0.1, 0.15) is 0 Å². The average molecular weight is 258 g/mol. The number of halogens is 1. The van der Waals surface area contributed by atoms with Crippen LogP contribution in [0, 0.1) is 5.92 Å². The Balaban J connectivity index is 2.01. The summed E-state index contributed by atoms with van der Waals surface area (Å²) in [5.41, 5.74) is 6.55. The van der Waals surface area contributed by atoms with Crippen LogP contribution in [0.3, 0.4) is 0 Å². The third-order valence-corrected chi connectivity index (χ3v) is 4.95. The summed E-state index contributed by atoms with van der Waals surface area (Å²) in [4.78, 5) is 1.34. The SMILES string of the molecule is CCC1CCCC(N)(Cc2ccc(Cl)s2)C1. The molecule has 0 radical (unpaired) electrons. The molecule has 0 amide bonds. The van der Waals surface area contributed by atoms with Crippen LogP contribution in [-0.4, -0.2) is 5.54 Å². The molecule has 0 spiro atoms. The standard InChI is InChI=1S/C13H20ClNS/c1-2-10-4-3-7-13(15,8-10)9-11-5-6-12(14)16-11/h5-6,10H,2-4,7-9,15H2,1H3. The molecule has 1 aromatic heterocycles. The van der Waals surface area contributed by atoms with Crippen LogP contribution in [0.15, 0.2) is 12.1 Å². The monoisotopic (exact) mass is 257 g/mol. The van der Waals surface area contributed by atoms with Gasteiger partial charge in [-0.2, -0.15) is 0 Å². The molecule has 0 bridgehead atoms. The van der Waals surface area contributed by atoms with Crippen molar-refractivity contribution in [3.63, 3.8) is 0 Å². The summed E-state index contributed by atoms with van der Waals surface area (Å²) in [7, 11) is 0. The molecule has 1 saturated carbocycles. The van der Waals surface area contributed by atoms with Crippen molar-refractivity contribution >= 4 is 22.9 Å². The van der Waals surface area contributed by atoms with Crippen LogP contribution in [0.1, 0.15) is 43.9 Å². The smallest absolute Gasteiger partial charge is 0.0931 e. The molecule has 1 aliphatic carbocycles. The molecule has 2 N–H and O–H groups in total. The predicted molar refractivity (Wildman–Crippen MR) is 72.2 cm³/mol. The van der Waals surface area contributed by atoms with Gasteiger partial charge in [-0.3, -0.25) is 0 Å². The normalized spacial score (nSPS) is 30.6. The van der Waals surface area contributed by atoms with E-state index >= 15 is 0 Å². The summed E-state index contributed by atoms with van der Waals surface area (Å²) in [6.07, 6.45) is 7.26. The first kappa shape index (κ1) is 12.4. The highest BCUT2D eigenvalue weighted by atomic mass is 35.5. The maximum atomic E-state index is 6.53. The molecule has 0 aliphatic heterocycles. The van der Waals surface area contributed by atoms with Gasteiger partial charge >= 0.3 is 0 Å². The number of nitrogens with two attached hydrogens (primary N) is 1. The first-order chi connectivity index (χ1) is 7.61. The van der Waals surface area contributed by atoms with Gasteiger partial charge in [-0.05, 0) is 37.3 Å². The van der Waals surface area contributed by atoms with E-state index in [9.17, 15) is 0 Å². The summed E-state index contributed by atoms with van der Waals surface area (Å²) in [5, 5.41) is 0. The van der Waals surface area contributed by atoms with E-state index in [1.54, 1.807) is 11.3 Å². The molecule has 2 unspecified atom stereocenters. The van der Waals surface area contributed by atoms with Crippen molar-refractivity contribution in [2.75, 3.05) is 0 Å². The number of hydrogen-bond donors (Lipinski definition) is 1. The molecule has 0 aromatic carbocycles. The lowest BCUT2D eigenvalue weighted by molar-refractivity contribution is 0.219. The second kappa shape index (κ2) is 5.07. The van der Waals surface area contributed by atoms with Crippen molar-refractivity contribution in [2.24, 2.45) is 11.7 Å². The second-order valence-electron chi connectivity index (χ2n) is 5.12. The zero-order chi connectivity index (χ0) is 11.6. The molecule has 0 saturated heterocycles. The quantitative estimate of drug-likeness (QED) is 0.861. The first-order valence-corrected chi connectivity index (χ1v) is 7.34.